The minimum absolute atomic E-state index is 0.139. The number of carbonyl (C=O) groups excluding carboxylic acids is 1. The number of likely N-dealkylation sites (tertiary alicyclic amines) is 1. The topological polar surface area (TPSA) is 59.4 Å². The highest BCUT2D eigenvalue weighted by Gasteiger charge is 2.18. The van der Waals surface area contributed by atoms with Crippen molar-refractivity contribution in [2.75, 3.05) is 32.8 Å². The van der Waals surface area contributed by atoms with Gasteiger partial charge in [0.1, 0.15) is 5.82 Å². The quantitative estimate of drug-likeness (QED) is 0.902. The number of carbonyl (C=O) groups is 1. The molecule has 0 atom stereocenters. The zero-order chi connectivity index (χ0) is 17.2. The van der Waals surface area contributed by atoms with Crippen molar-refractivity contribution in [3.8, 4) is 0 Å². The van der Waals surface area contributed by atoms with Gasteiger partial charge in [0.2, 0.25) is 0 Å². The van der Waals surface area contributed by atoms with Gasteiger partial charge in [0.05, 0.1) is 6.61 Å². The van der Waals surface area contributed by atoms with Crippen molar-refractivity contribution in [2.24, 2.45) is 7.05 Å². The Morgan fingerprint density at radius 1 is 1.25 bits per heavy atom. The van der Waals surface area contributed by atoms with Crippen LogP contribution in [0.1, 0.15) is 57.2 Å². The molecule has 0 aromatic carbocycles. The second-order valence-electron chi connectivity index (χ2n) is 6.52. The zero-order valence-electron chi connectivity index (χ0n) is 15.2. The van der Waals surface area contributed by atoms with Gasteiger partial charge in [-0.25, -0.2) is 9.78 Å². The van der Waals surface area contributed by atoms with Gasteiger partial charge in [-0.2, -0.15) is 0 Å². The van der Waals surface area contributed by atoms with Crippen LogP contribution < -0.4 is 5.32 Å². The Bertz CT molecular complexity index is 475. The van der Waals surface area contributed by atoms with Crippen molar-refractivity contribution in [2.45, 2.75) is 51.4 Å². The molecule has 6 heteroatoms. The van der Waals surface area contributed by atoms with E-state index in [4.69, 9.17) is 4.74 Å². The molecule has 136 valence electrons. The Morgan fingerprint density at radius 2 is 1.92 bits per heavy atom. The maximum atomic E-state index is 11.3. The normalized spacial score (nSPS) is 19.2. The average Bonchev–Trinajstić information content (AvgIpc) is 2.86. The summed E-state index contributed by atoms with van der Waals surface area (Å²) in [7, 11) is 2.07. The molecule has 0 aliphatic carbocycles. The summed E-state index contributed by atoms with van der Waals surface area (Å²) in [5.74, 6) is 1.92. The van der Waals surface area contributed by atoms with E-state index >= 15 is 0 Å². The van der Waals surface area contributed by atoms with Crippen LogP contribution in [0, 0.1) is 0 Å². The average molecular weight is 336 g/mol. The lowest BCUT2D eigenvalue weighted by Crippen LogP contribution is -2.32. The van der Waals surface area contributed by atoms with Gasteiger partial charge in [-0.1, -0.05) is 12.8 Å². The molecule has 24 heavy (non-hydrogen) atoms. The molecule has 0 bridgehead atoms. The van der Waals surface area contributed by atoms with E-state index < -0.39 is 0 Å². The molecule has 0 saturated carbocycles. The number of amides is 1. The summed E-state index contributed by atoms with van der Waals surface area (Å²) < 4.78 is 7.06. The van der Waals surface area contributed by atoms with E-state index in [-0.39, 0.29) is 6.09 Å². The van der Waals surface area contributed by atoms with Crippen LogP contribution in [0.5, 0.6) is 0 Å². The molecule has 0 unspecified atom stereocenters. The number of imidazole rings is 1. The van der Waals surface area contributed by atoms with Gasteiger partial charge in [-0.05, 0) is 45.7 Å². The van der Waals surface area contributed by atoms with E-state index in [0.29, 0.717) is 12.5 Å². The van der Waals surface area contributed by atoms with Crippen LogP contribution >= 0.6 is 0 Å². The largest absolute Gasteiger partial charge is 0.450 e. The van der Waals surface area contributed by atoms with Gasteiger partial charge in [0.15, 0.2) is 0 Å². The first-order valence-corrected chi connectivity index (χ1v) is 9.32. The molecule has 1 aromatic rings. The molecule has 2 aliphatic heterocycles. The fraction of sp³-hybridized carbons (Fsp3) is 0.778. The van der Waals surface area contributed by atoms with Gasteiger partial charge in [0, 0.05) is 38.4 Å². The molecule has 0 spiro atoms. The SMILES string of the molecule is CCOC(=O)N1CCCCCC1.Cn1ccnc1C1CCNCC1. The van der Waals surface area contributed by atoms with Crippen molar-refractivity contribution in [1.82, 2.24) is 19.8 Å². The van der Waals surface area contributed by atoms with Crippen molar-refractivity contribution >= 4 is 6.09 Å². The summed E-state index contributed by atoms with van der Waals surface area (Å²) in [5, 5.41) is 3.36. The number of aromatic nitrogens is 2. The predicted molar refractivity (Wildman–Crippen MR) is 95.1 cm³/mol. The van der Waals surface area contributed by atoms with E-state index in [1.54, 1.807) is 0 Å². The molecule has 3 heterocycles. The van der Waals surface area contributed by atoms with E-state index in [1.807, 2.05) is 24.2 Å². The first-order chi connectivity index (χ1) is 11.7. The summed E-state index contributed by atoms with van der Waals surface area (Å²) in [4.78, 5) is 17.4. The van der Waals surface area contributed by atoms with Gasteiger partial charge in [-0.15, -0.1) is 0 Å². The van der Waals surface area contributed by atoms with E-state index in [2.05, 4.69) is 21.9 Å². The van der Waals surface area contributed by atoms with Gasteiger partial charge in [-0.3, -0.25) is 0 Å². The number of nitrogens with zero attached hydrogens (tertiary/aromatic N) is 3. The van der Waals surface area contributed by atoms with Crippen LogP contribution in [0.2, 0.25) is 0 Å². The second kappa shape index (κ2) is 10.3. The third-order valence-corrected chi connectivity index (χ3v) is 4.69. The van der Waals surface area contributed by atoms with E-state index in [0.717, 1.165) is 39.0 Å². The fourth-order valence-corrected chi connectivity index (χ4v) is 3.32. The lowest BCUT2D eigenvalue weighted by atomic mass is 9.97. The minimum atomic E-state index is -0.139. The van der Waals surface area contributed by atoms with E-state index in [9.17, 15) is 4.79 Å². The predicted octanol–water partition coefficient (Wildman–Crippen LogP) is 2.91. The molecule has 6 nitrogen and oxygen atoms in total. The molecule has 2 saturated heterocycles. The summed E-state index contributed by atoms with van der Waals surface area (Å²) in [6, 6.07) is 0. The van der Waals surface area contributed by atoms with E-state index in [1.165, 1.54) is 31.5 Å². The number of hydrogen-bond acceptors (Lipinski definition) is 4. The van der Waals surface area contributed by atoms with Gasteiger partial charge in [0.25, 0.3) is 0 Å². The van der Waals surface area contributed by atoms with Crippen LogP contribution in [-0.2, 0) is 11.8 Å². The number of aryl methyl sites for hydroxylation is 1. The first kappa shape index (κ1) is 18.8. The number of piperidine rings is 1. The summed E-state index contributed by atoms with van der Waals surface area (Å²) in [5.41, 5.74) is 0. The van der Waals surface area contributed by atoms with Gasteiger partial charge < -0.3 is 19.5 Å². The molecular weight excluding hydrogens is 304 g/mol. The van der Waals surface area contributed by atoms with Gasteiger partial charge >= 0.3 is 6.09 Å². The Labute approximate surface area is 145 Å². The minimum Gasteiger partial charge on any atom is -0.450 e. The monoisotopic (exact) mass is 336 g/mol. The molecule has 1 aromatic heterocycles. The van der Waals surface area contributed by atoms with Crippen LogP contribution in [0.3, 0.4) is 0 Å². The maximum absolute atomic E-state index is 11.3. The Hall–Kier alpha value is -1.56. The molecule has 1 N–H and O–H groups in total. The molecule has 0 radical (unpaired) electrons. The Morgan fingerprint density at radius 3 is 2.46 bits per heavy atom. The van der Waals surface area contributed by atoms with Crippen LogP contribution in [0.25, 0.3) is 0 Å². The van der Waals surface area contributed by atoms with Crippen LogP contribution in [0.15, 0.2) is 12.4 Å². The van der Waals surface area contributed by atoms with Crippen molar-refractivity contribution in [1.29, 1.82) is 0 Å². The zero-order valence-corrected chi connectivity index (χ0v) is 15.2. The first-order valence-electron chi connectivity index (χ1n) is 9.32. The highest BCUT2D eigenvalue weighted by molar-refractivity contribution is 5.67. The van der Waals surface area contributed by atoms with Crippen molar-refractivity contribution in [3.05, 3.63) is 18.2 Å². The van der Waals surface area contributed by atoms with Crippen molar-refractivity contribution in [3.63, 3.8) is 0 Å². The maximum Gasteiger partial charge on any atom is 0.409 e. The fourth-order valence-electron chi connectivity index (χ4n) is 3.32. The summed E-state index contributed by atoms with van der Waals surface area (Å²) in [6.45, 7) is 6.35. The molecule has 1 amide bonds. The third kappa shape index (κ3) is 5.82. The molecule has 3 rings (SSSR count). The summed E-state index contributed by atoms with van der Waals surface area (Å²) in [6.07, 6.45) is 11.0. The highest BCUT2D eigenvalue weighted by atomic mass is 16.6. The van der Waals surface area contributed by atoms with Crippen molar-refractivity contribution < 1.29 is 9.53 Å². The lowest BCUT2D eigenvalue weighted by Gasteiger charge is -2.21. The smallest absolute Gasteiger partial charge is 0.409 e. The lowest BCUT2D eigenvalue weighted by molar-refractivity contribution is 0.108. The highest BCUT2D eigenvalue weighted by Crippen LogP contribution is 2.22. The molecule has 2 aliphatic rings. The molecule has 2 fully saturated rings. The third-order valence-electron chi connectivity index (χ3n) is 4.69. The second-order valence-corrected chi connectivity index (χ2v) is 6.52. The van der Waals surface area contributed by atoms with Crippen LogP contribution in [0.4, 0.5) is 4.79 Å². The number of ether oxygens (including phenoxy) is 1. The number of rotatable bonds is 2. The molecular formula is C18H32N4O2. The number of hydrogen-bond donors (Lipinski definition) is 1. The standard InChI is InChI=1S/C9H15N3.C9H17NO2/c1-12-7-6-11-9(12)8-2-4-10-5-3-8;1-2-12-9(11)10-7-5-3-4-6-8-10/h6-8,10H,2-5H2,1H3;2-8H2,1H3. The summed E-state index contributed by atoms with van der Waals surface area (Å²) >= 11 is 0. The van der Waals surface area contributed by atoms with Crippen LogP contribution in [-0.4, -0.2) is 53.3 Å². The number of nitrogens with one attached hydrogen (secondary N) is 1. The Kier molecular flexibility index (Phi) is 8.08. The Balaban J connectivity index is 0.000000174.